The molecule has 0 aliphatic rings. The maximum atomic E-state index is 4.60. The molecular weight excluding hydrogens is 338 g/mol. The number of hydrogen-bond acceptors (Lipinski definition) is 6. The van der Waals surface area contributed by atoms with Crippen LogP contribution in [-0.2, 0) is 0 Å². The Bertz CT molecular complexity index is 873. The summed E-state index contributed by atoms with van der Waals surface area (Å²) in [4.78, 5) is 19.3. The topological polar surface area (TPSA) is 81.8 Å². The van der Waals surface area contributed by atoms with Gasteiger partial charge < -0.3 is 15.2 Å². The molecule has 0 atom stereocenters. The molecule has 0 aliphatic heterocycles. The third kappa shape index (κ3) is 4.74. The van der Waals surface area contributed by atoms with Crippen LogP contribution in [0.4, 0.5) is 17.7 Å². The van der Waals surface area contributed by atoms with Crippen molar-refractivity contribution in [3.05, 3.63) is 35.0 Å². The zero-order valence-electron chi connectivity index (χ0n) is 16.8. The number of imidazole rings is 1. The highest BCUT2D eigenvalue weighted by Crippen LogP contribution is 2.21. The molecule has 0 radical (unpaired) electrons. The van der Waals surface area contributed by atoms with E-state index in [1.54, 1.807) is 0 Å². The fourth-order valence-electron chi connectivity index (χ4n) is 3.03. The predicted octanol–water partition coefficient (Wildman–Crippen LogP) is 3.78. The first-order valence-corrected chi connectivity index (χ1v) is 9.54. The fourth-order valence-corrected chi connectivity index (χ4v) is 3.03. The van der Waals surface area contributed by atoms with Gasteiger partial charge in [0.15, 0.2) is 0 Å². The lowest BCUT2D eigenvalue weighted by atomic mass is 10.1. The number of aryl methyl sites for hydroxylation is 3. The van der Waals surface area contributed by atoms with E-state index in [-0.39, 0.29) is 0 Å². The minimum absolute atomic E-state index is 0.535. The smallest absolute Gasteiger partial charge is 0.231 e. The largest absolute Gasteiger partial charge is 0.369 e. The van der Waals surface area contributed by atoms with E-state index in [1.165, 1.54) is 11.1 Å². The van der Waals surface area contributed by atoms with Crippen molar-refractivity contribution in [1.29, 1.82) is 0 Å². The molecule has 2 aromatic heterocycles. The van der Waals surface area contributed by atoms with Crippen LogP contribution in [0.3, 0.4) is 0 Å². The molecule has 0 saturated heterocycles. The van der Waals surface area contributed by atoms with Crippen LogP contribution in [0.1, 0.15) is 30.7 Å². The number of benzene rings is 1. The van der Waals surface area contributed by atoms with E-state index in [0.717, 1.165) is 48.7 Å². The normalized spacial score (nSPS) is 11.3. The lowest BCUT2D eigenvalue weighted by Crippen LogP contribution is -2.28. The highest BCUT2D eigenvalue weighted by Gasteiger charge is 2.08. The Morgan fingerprint density at radius 1 is 0.963 bits per heavy atom. The lowest BCUT2D eigenvalue weighted by molar-refractivity contribution is 0.316. The summed E-state index contributed by atoms with van der Waals surface area (Å²) in [6.07, 6.45) is 0. The van der Waals surface area contributed by atoms with Gasteiger partial charge in [-0.2, -0.15) is 4.98 Å². The molecule has 7 heteroatoms. The molecule has 3 N–H and O–H groups in total. The number of fused-ring (bicyclic) bond motifs is 1. The van der Waals surface area contributed by atoms with Gasteiger partial charge in [-0.25, -0.2) is 9.97 Å². The Labute approximate surface area is 160 Å². The van der Waals surface area contributed by atoms with Gasteiger partial charge in [0, 0.05) is 24.8 Å². The van der Waals surface area contributed by atoms with Gasteiger partial charge in [-0.3, -0.25) is 5.32 Å². The molecule has 2 heterocycles. The molecular formula is C20H29N7. The number of H-pyrrole nitrogens is 1. The number of aromatic nitrogens is 4. The van der Waals surface area contributed by atoms with Crippen molar-refractivity contribution in [2.75, 3.05) is 36.8 Å². The standard InChI is InChI=1S/C20H29N7/c1-6-27(7-2)9-8-21-18-12-15(5)22-19(25-18)26-20-23-16-10-13(3)14(4)11-17(16)24-20/h10-12H,6-9H2,1-5H3,(H3,21,22,23,24,25,26). The van der Waals surface area contributed by atoms with E-state index >= 15 is 0 Å². The molecule has 0 aliphatic carbocycles. The maximum absolute atomic E-state index is 4.60. The Morgan fingerprint density at radius 2 is 1.70 bits per heavy atom. The fraction of sp³-hybridized carbons (Fsp3) is 0.450. The van der Waals surface area contributed by atoms with Gasteiger partial charge in [-0.05, 0) is 57.1 Å². The number of aromatic amines is 1. The van der Waals surface area contributed by atoms with Crippen molar-refractivity contribution in [3.63, 3.8) is 0 Å². The Balaban J connectivity index is 1.72. The summed E-state index contributed by atoms with van der Waals surface area (Å²) in [6.45, 7) is 14.5. The van der Waals surface area contributed by atoms with Crippen LogP contribution in [0.15, 0.2) is 18.2 Å². The molecule has 27 heavy (non-hydrogen) atoms. The van der Waals surface area contributed by atoms with Gasteiger partial charge in [0.1, 0.15) is 5.82 Å². The van der Waals surface area contributed by atoms with Crippen LogP contribution in [0.25, 0.3) is 11.0 Å². The van der Waals surface area contributed by atoms with E-state index in [9.17, 15) is 0 Å². The van der Waals surface area contributed by atoms with Gasteiger partial charge in [0.25, 0.3) is 0 Å². The monoisotopic (exact) mass is 367 g/mol. The van der Waals surface area contributed by atoms with Gasteiger partial charge in [0.05, 0.1) is 11.0 Å². The highest BCUT2D eigenvalue weighted by molar-refractivity contribution is 5.79. The van der Waals surface area contributed by atoms with Crippen molar-refractivity contribution in [3.8, 4) is 0 Å². The van der Waals surface area contributed by atoms with E-state index in [0.29, 0.717) is 11.9 Å². The van der Waals surface area contributed by atoms with Crippen LogP contribution < -0.4 is 10.6 Å². The molecule has 0 bridgehead atoms. The summed E-state index contributed by atoms with van der Waals surface area (Å²) >= 11 is 0. The molecule has 0 unspecified atom stereocenters. The van der Waals surface area contributed by atoms with E-state index in [2.05, 4.69) is 75.3 Å². The van der Waals surface area contributed by atoms with Crippen molar-refractivity contribution in [2.24, 2.45) is 0 Å². The summed E-state index contributed by atoms with van der Waals surface area (Å²) in [5.41, 5.74) is 5.31. The molecule has 0 spiro atoms. The minimum atomic E-state index is 0.535. The number of nitrogens with zero attached hydrogens (tertiary/aromatic N) is 4. The van der Waals surface area contributed by atoms with Crippen LogP contribution in [-0.4, -0.2) is 51.0 Å². The Morgan fingerprint density at radius 3 is 2.44 bits per heavy atom. The molecule has 3 aromatic rings. The van der Waals surface area contributed by atoms with Gasteiger partial charge in [0.2, 0.25) is 11.9 Å². The second-order valence-corrected chi connectivity index (χ2v) is 6.84. The van der Waals surface area contributed by atoms with Crippen LogP contribution in [0.2, 0.25) is 0 Å². The molecule has 7 nitrogen and oxygen atoms in total. The summed E-state index contributed by atoms with van der Waals surface area (Å²) in [5.74, 6) is 2.00. The summed E-state index contributed by atoms with van der Waals surface area (Å²) in [5, 5.41) is 6.58. The average molecular weight is 368 g/mol. The van der Waals surface area contributed by atoms with Gasteiger partial charge >= 0.3 is 0 Å². The zero-order valence-corrected chi connectivity index (χ0v) is 16.8. The molecule has 0 saturated carbocycles. The molecule has 1 aromatic carbocycles. The quantitative estimate of drug-likeness (QED) is 0.562. The zero-order chi connectivity index (χ0) is 19.4. The van der Waals surface area contributed by atoms with E-state index < -0.39 is 0 Å². The first kappa shape index (κ1) is 19.1. The SMILES string of the molecule is CCN(CC)CCNc1cc(C)nc(Nc2nc3cc(C)c(C)cc3[nH]2)n1. The molecule has 144 valence electrons. The number of rotatable bonds is 8. The third-order valence-corrected chi connectivity index (χ3v) is 4.81. The van der Waals surface area contributed by atoms with E-state index in [4.69, 9.17) is 0 Å². The van der Waals surface area contributed by atoms with Crippen molar-refractivity contribution in [1.82, 2.24) is 24.8 Å². The van der Waals surface area contributed by atoms with Crippen molar-refractivity contribution >= 4 is 28.7 Å². The first-order chi connectivity index (χ1) is 13.0. The van der Waals surface area contributed by atoms with Gasteiger partial charge in [-0.1, -0.05) is 13.8 Å². The van der Waals surface area contributed by atoms with Crippen LogP contribution in [0, 0.1) is 20.8 Å². The third-order valence-electron chi connectivity index (χ3n) is 4.81. The van der Waals surface area contributed by atoms with Gasteiger partial charge in [-0.15, -0.1) is 0 Å². The predicted molar refractivity (Wildman–Crippen MR) is 112 cm³/mol. The lowest BCUT2D eigenvalue weighted by Gasteiger charge is -2.18. The minimum Gasteiger partial charge on any atom is -0.369 e. The molecule has 0 fully saturated rings. The molecule has 0 amide bonds. The number of anilines is 3. The molecule has 3 rings (SSSR count). The number of hydrogen-bond donors (Lipinski definition) is 3. The van der Waals surface area contributed by atoms with Crippen LogP contribution >= 0.6 is 0 Å². The second kappa shape index (κ2) is 8.35. The van der Waals surface area contributed by atoms with Crippen molar-refractivity contribution in [2.45, 2.75) is 34.6 Å². The Kier molecular flexibility index (Phi) is 5.91. The maximum Gasteiger partial charge on any atom is 0.231 e. The van der Waals surface area contributed by atoms with Crippen molar-refractivity contribution < 1.29 is 0 Å². The van der Waals surface area contributed by atoms with Crippen LogP contribution in [0.5, 0.6) is 0 Å². The summed E-state index contributed by atoms with van der Waals surface area (Å²) < 4.78 is 0. The summed E-state index contributed by atoms with van der Waals surface area (Å²) in [7, 11) is 0. The highest BCUT2D eigenvalue weighted by atomic mass is 15.2. The number of nitrogens with one attached hydrogen (secondary N) is 3. The summed E-state index contributed by atoms with van der Waals surface area (Å²) in [6, 6.07) is 6.16. The number of likely N-dealkylation sites (N-methyl/N-ethyl adjacent to an activating group) is 1. The first-order valence-electron chi connectivity index (χ1n) is 9.54. The Hall–Kier alpha value is -2.67. The van der Waals surface area contributed by atoms with E-state index in [1.807, 2.05) is 13.0 Å². The second-order valence-electron chi connectivity index (χ2n) is 6.84. The average Bonchev–Trinajstić information content (AvgIpc) is 2.99.